The van der Waals surface area contributed by atoms with Crippen LogP contribution in [-0.4, -0.2) is 79.2 Å². The average molecular weight is 521 g/mol. The van der Waals surface area contributed by atoms with Gasteiger partial charge in [0.1, 0.15) is 12.4 Å². The lowest BCUT2D eigenvalue weighted by molar-refractivity contribution is -0.140. The van der Waals surface area contributed by atoms with Gasteiger partial charge in [0, 0.05) is 31.7 Å². The summed E-state index contributed by atoms with van der Waals surface area (Å²) >= 11 is 0. The molecule has 2 heterocycles. The minimum absolute atomic E-state index is 0.0763. The van der Waals surface area contributed by atoms with Gasteiger partial charge in [-0.2, -0.15) is 0 Å². The van der Waals surface area contributed by atoms with Crippen molar-refractivity contribution in [3.8, 4) is 11.5 Å². The number of Topliss-reactive ketones (excluding diaryl/α,β-unsaturated/α-hetero) is 1. The van der Waals surface area contributed by atoms with Crippen LogP contribution in [0.3, 0.4) is 0 Å². The Kier molecular flexibility index (Phi) is 9.20. The Hall–Kier alpha value is -3.62. The molecule has 2 aliphatic heterocycles. The van der Waals surface area contributed by atoms with Crippen molar-refractivity contribution in [2.45, 2.75) is 26.3 Å². The zero-order valence-electron chi connectivity index (χ0n) is 22.2. The van der Waals surface area contributed by atoms with Gasteiger partial charge in [-0.3, -0.25) is 14.5 Å². The second-order valence-corrected chi connectivity index (χ2v) is 9.40. The largest absolute Gasteiger partial charge is 0.507 e. The molecule has 0 aliphatic carbocycles. The van der Waals surface area contributed by atoms with Crippen LogP contribution in [0.1, 0.15) is 36.1 Å². The molecule has 2 aromatic rings. The number of aliphatic hydroxyl groups excluding tert-OH is 1. The van der Waals surface area contributed by atoms with E-state index in [4.69, 9.17) is 14.2 Å². The molecule has 1 unspecified atom stereocenters. The van der Waals surface area contributed by atoms with E-state index in [1.807, 2.05) is 32.0 Å². The zero-order chi connectivity index (χ0) is 27.1. The van der Waals surface area contributed by atoms with Gasteiger partial charge in [-0.15, -0.1) is 0 Å². The summed E-state index contributed by atoms with van der Waals surface area (Å²) in [6.45, 7) is 12.5. The maximum atomic E-state index is 13.4. The van der Waals surface area contributed by atoms with Crippen LogP contribution in [0.15, 0.2) is 60.7 Å². The van der Waals surface area contributed by atoms with Crippen LogP contribution in [-0.2, 0) is 14.3 Å². The number of ketones is 1. The molecule has 202 valence electrons. The van der Waals surface area contributed by atoms with Gasteiger partial charge in [-0.1, -0.05) is 48.6 Å². The van der Waals surface area contributed by atoms with E-state index >= 15 is 0 Å². The number of amides is 1. The number of nitrogens with zero attached hydrogens (tertiary/aromatic N) is 2. The minimum Gasteiger partial charge on any atom is -0.507 e. The van der Waals surface area contributed by atoms with Crippen LogP contribution in [0.4, 0.5) is 0 Å². The summed E-state index contributed by atoms with van der Waals surface area (Å²) in [5.41, 5.74) is 2.26. The third-order valence-electron chi connectivity index (χ3n) is 6.78. The summed E-state index contributed by atoms with van der Waals surface area (Å²) in [7, 11) is 0. The van der Waals surface area contributed by atoms with Gasteiger partial charge in [-0.25, -0.2) is 0 Å². The zero-order valence-corrected chi connectivity index (χ0v) is 22.2. The van der Waals surface area contributed by atoms with Gasteiger partial charge in [0.2, 0.25) is 0 Å². The maximum absolute atomic E-state index is 13.4. The van der Waals surface area contributed by atoms with Crippen LogP contribution >= 0.6 is 0 Å². The predicted molar refractivity (Wildman–Crippen MR) is 145 cm³/mol. The molecule has 2 fully saturated rings. The number of likely N-dealkylation sites (tertiary alicyclic amines) is 1. The molecule has 0 radical (unpaired) electrons. The lowest BCUT2D eigenvalue weighted by atomic mass is 9.94. The molecular weight excluding hydrogens is 484 g/mol. The Bertz CT molecular complexity index is 1180. The summed E-state index contributed by atoms with van der Waals surface area (Å²) in [6.07, 6.45) is 2.33. The fraction of sp³-hybridized carbons (Fsp3) is 0.400. The second kappa shape index (κ2) is 12.8. The third-order valence-corrected chi connectivity index (χ3v) is 6.78. The normalized spacial score (nSPS) is 19.5. The van der Waals surface area contributed by atoms with E-state index in [9.17, 15) is 14.7 Å². The number of carbonyl (C=O) groups excluding carboxylic acids is 2. The van der Waals surface area contributed by atoms with Crippen LogP contribution < -0.4 is 9.47 Å². The molecule has 1 amide bonds. The summed E-state index contributed by atoms with van der Waals surface area (Å²) in [6, 6.07) is 11.8. The molecule has 38 heavy (non-hydrogen) atoms. The molecule has 4 rings (SSSR count). The second-order valence-electron chi connectivity index (χ2n) is 9.40. The van der Waals surface area contributed by atoms with Crippen LogP contribution in [0.2, 0.25) is 0 Å². The van der Waals surface area contributed by atoms with Gasteiger partial charge < -0.3 is 24.2 Å². The van der Waals surface area contributed by atoms with Crippen molar-refractivity contribution in [2.75, 3.05) is 52.6 Å². The SMILES string of the molecule is C=CCOc1ccc(C2/C(=C(\O)c3ccc(C)cc3)C(=O)C(=O)N2CCCN2CCOCC2)cc1OCC. The quantitative estimate of drug-likeness (QED) is 0.207. The van der Waals surface area contributed by atoms with Crippen molar-refractivity contribution in [1.29, 1.82) is 0 Å². The Morgan fingerprint density at radius 1 is 1.08 bits per heavy atom. The highest BCUT2D eigenvalue weighted by atomic mass is 16.5. The monoisotopic (exact) mass is 520 g/mol. The predicted octanol–water partition coefficient (Wildman–Crippen LogP) is 4.10. The lowest BCUT2D eigenvalue weighted by Gasteiger charge is -2.29. The Balaban J connectivity index is 1.72. The number of carbonyl (C=O) groups is 2. The topological polar surface area (TPSA) is 88.5 Å². The van der Waals surface area contributed by atoms with E-state index in [1.54, 1.807) is 35.2 Å². The minimum atomic E-state index is -0.756. The van der Waals surface area contributed by atoms with Crippen molar-refractivity contribution >= 4 is 17.4 Å². The molecule has 0 spiro atoms. The van der Waals surface area contributed by atoms with E-state index in [2.05, 4.69) is 11.5 Å². The Morgan fingerprint density at radius 3 is 2.50 bits per heavy atom. The van der Waals surface area contributed by atoms with Gasteiger partial charge in [0.25, 0.3) is 11.7 Å². The van der Waals surface area contributed by atoms with E-state index in [1.165, 1.54) is 0 Å². The first-order chi connectivity index (χ1) is 18.4. The lowest BCUT2D eigenvalue weighted by Crippen LogP contribution is -2.39. The number of rotatable bonds is 11. The first kappa shape index (κ1) is 27.4. The van der Waals surface area contributed by atoms with Gasteiger partial charge >= 0.3 is 0 Å². The summed E-state index contributed by atoms with van der Waals surface area (Å²) in [5, 5.41) is 11.3. The van der Waals surface area contributed by atoms with E-state index in [0.717, 1.165) is 25.2 Å². The number of aryl methyl sites for hydroxylation is 1. The number of hydrogen-bond acceptors (Lipinski definition) is 7. The van der Waals surface area contributed by atoms with Crippen LogP contribution in [0.25, 0.3) is 5.76 Å². The molecule has 2 saturated heterocycles. The molecule has 2 aromatic carbocycles. The number of ether oxygens (including phenoxy) is 3. The molecule has 8 nitrogen and oxygen atoms in total. The first-order valence-corrected chi connectivity index (χ1v) is 13.1. The molecule has 2 aliphatic rings. The summed E-state index contributed by atoms with van der Waals surface area (Å²) in [4.78, 5) is 30.5. The molecular formula is C30H36N2O6. The fourth-order valence-corrected chi connectivity index (χ4v) is 4.84. The van der Waals surface area contributed by atoms with E-state index < -0.39 is 17.7 Å². The third kappa shape index (κ3) is 6.09. The molecule has 8 heteroatoms. The van der Waals surface area contributed by atoms with E-state index in [-0.39, 0.29) is 11.3 Å². The number of hydrogen-bond donors (Lipinski definition) is 1. The maximum Gasteiger partial charge on any atom is 0.295 e. The summed E-state index contributed by atoms with van der Waals surface area (Å²) < 4.78 is 17.0. The molecule has 1 N–H and O–H groups in total. The van der Waals surface area contributed by atoms with Gasteiger partial charge in [0.05, 0.1) is 31.4 Å². The fourth-order valence-electron chi connectivity index (χ4n) is 4.84. The van der Waals surface area contributed by atoms with Crippen molar-refractivity contribution in [1.82, 2.24) is 9.80 Å². The van der Waals surface area contributed by atoms with E-state index in [0.29, 0.717) is 62.0 Å². The highest BCUT2D eigenvalue weighted by molar-refractivity contribution is 6.46. The molecule has 0 aromatic heterocycles. The summed E-state index contributed by atoms with van der Waals surface area (Å²) in [5.74, 6) is -0.451. The smallest absolute Gasteiger partial charge is 0.295 e. The van der Waals surface area contributed by atoms with Gasteiger partial charge in [0.15, 0.2) is 11.5 Å². The standard InChI is InChI=1S/C30H36N2O6/c1-4-17-38-24-12-11-23(20-25(24)37-5-2)27-26(28(33)22-9-7-21(3)8-10-22)29(34)30(35)32(27)14-6-13-31-15-18-36-19-16-31/h4,7-12,20,27,33H,1,5-6,13-19H2,2-3H3/b28-26+. The molecule has 1 atom stereocenters. The highest BCUT2D eigenvalue weighted by Crippen LogP contribution is 2.42. The van der Waals surface area contributed by atoms with Crippen molar-refractivity contribution in [2.24, 2.45) is 0 Å². The van der Waals surface area contributed by atoms with Crippen molar-refractivity contribution in [3.63, 3.8) is 0 Å². The van der Waals surface area contributed by atoms with Crippen molar-refractivity contribution in [3.05, 3.63) is 77.4 Å². The number of morpholine rings is 1. The van der Waals surface area contributed by atoms with Crippen LogP contribution in [0, 0.1) is 6.92 Å². The Morgan fingerprint density at radius 2 is 1.82 bits per heavy atom. The van der Waals surface area contributed by atoms with Gasteiger partial charge in [-0.05, 0) is 38.0 Å². The number of benzene rings is 2. The highest BCUT2D eigenvalue weighted by Gasteiger charge is 2.46. The van der Waals surface area contributed by atoms with Crippen LogP contribution in [0.5, 0.6) is 11.5 Å². The molecule has 0 bridgehead atoms. The average Bonchev–Trinajstić information content (AvgIpc) is 3.18. The first-order valence-electron chi connectivity index (χ1n) is 13.1. The number of aliphatic hydroxyl groups is 1. The Labute approximate surface area is 224 Å². The van der Waals surface area contributed by atoms with Crippen molar-refractivity contribution < 1.29 is 28.9 Å². The molecule has 0 saturated carbocycles.